The summed E-state index contributed by atoms with van der Waals surface area (Å²) in [6, 6.07) is 16.9. The Bertz CT molecular complexity index is 571. The molecular formula is C15H14N2O4. The Morgan fingerprint density at radius 2 is 1.05 bits per heavy atom. The van der Waals surface area contributed by atoms with Gasteiger partial charge in [0.15, 0.2) is 0 Å². The number of carbonyl (C=O) groups is 2. The van der Waals surface area contributed by atoms with Crippen LogP contribution in [0.25, 0.3) is 0 Å². The van der Waals surface area contributed by atoms with Crippen LogP contribution in [0.2, 0.25) is 0 Å². The maximum atomic E-state index is 11.3. The molecule has 108 valence electrons. The number of amides is 2. The Balaban J connectivity index is 2.64. The van der Waals surface area contributed by atoms with Crippen LogP contribution in [-0.2, 0) is 15.3 Å². The van der Waals surface area contributed by atoms with E-state index in [0.29, 0.717) is 11.1 Å². The number of hydrogen-bond acceptors (Lipinski definition) is 4. The molecule has 6 heteroatoms. The first kappa shape index (κ1) is 14.4. The number of primary amides is 2. The van der Waals surface area contributed by atoms with Crippen molar-refractivity contribution in [2.45, 2.75) is 5.79 Å². The van der Waals surface area contributed by atoms with Crippen LogP contribution in [0.15, 0.2) is 60.7 Å². The van der Waals surface area contributed by atoms with Crippen molar-refractivity contribution >= 4 is 12.2 Å². The smallest absolute Gasteiger partial charge is 0.397 e. The Hall–Kier alpha value is -3.02. The monoisotopic (exact) mass is 286 g/mol. The molecule has 0 aliphatic rings. The normalized spacial score (nSPS) is 10.7. The zero-order chi connectivity index (χ0) is 15.3. The summed E-state index contributed by atoms with van der Waals surface area (Å²) in [4.78, 5) is 22.6. The largest absolute Gasteiger partial charge is 0.408 e. The second kappa shape index (κ2) is 5.96. The van der Waals surface area contributed by atoms with E-state index >= 15 is 0 Å². The van der Waals surface area contributed by atoms with Gasteiger partial charge in [0.2, 0.25) is 0 Å². The van der Waals surface area contributed by atoms with E-state index in [9.17, 15) is 9.59 Å². The number of benzene rings is 2. The lowest BCUT2D eigenvalue weighted by molar-refractivity contribution is -0.134. The van der Waals surface area contributed by atoms with Crippen LogP contribution in [0.4, 0.5) is 9.59 Å². The molecule has 0 atom stereocenters. The molecule has 0 bridgehead atoms. The van der Waals surface area contributed by atoms with Crippen molar-refractivity contribution in [1.29, 1.82) is 0 Å². The predicted octanol–water partition coefficient (Wildman–Crippen LogP) is 2.08. The van der Waals surface area contributed by atoms with Crippen molar-refractivity contribution in [2.75, 3.05) is 0 Å². The fraction of sp³-hybridized carbons (Fsp3) is 0.0667. The van der Waals surface area contributed by atoms with Crippen molar-refractivity contribution < 1.29 is 19.1 Å². The van der Waals surface area contributed by atoms with Crippen molar-refractivity contribution in [2.24, 2.45) is 11.5 Å². The first-order valence-electron chi connectivity index (χ1n) is 6.12. The Morgan fingerprint density at radius 3 is 1.33 bits per heavy atom. The standard InChI is InChI=1S/C15H14N2O4/c16-13(18)20-15(21-14(17)19,11-7-3-1-4-8-11)12-9-5-2-6-10-12/h1-10H,(H2,16,18)(H2,17,19). The van der Waals surface area contributed by atoms with Crippen molar-refractivity contribution in [3.63, 3.8) is 0 Å². The fourth-order valence-corrected chi connectivity index (χ4v) is 2.02. The van der Waals surface area contributed by atoms with E-state index in [1.165, 1.54) is 0 Å². The first-order valence-corrected chi connectivity index (χ1v) is 6.12. The second-order valence-corrected chi connectivity index (χ2v) is 4.19. The zero-order valence-corrected chi connectivity index (χ0v) is 11.1. The molecule has 2 aromatic rings. The minimum absolute atomic E-state index is 0.411. The summed E-state index contributed by atoms with van der Waals surface area (Å²) in [5, 5.41) is 0. The molecule has 0 aromatic heterocycles. The summed E-state index contributed by atoms with van der Waals surface area (Å²) in [6.07, 6.45) is -2.19. The molecule has 0 saturated carbocycles. The van der Waals surface area contributed by atoms with Crippen molar-refractivity contribution in [1.82, 2.24) is 0 Å². The Kier molecular flexibility index (Phi) is 4.08. The van der Waals surface area contributed by atoms with Gasteiger partial charge in [0.25, 0.3) is 0 Å². The Morgan fingerprint density at radius 1 is 0.714 bits per heavy atom. The van der Waals surface area contributed by atoms with Gasteiger partial charge in [-0.1, -0.05) is 60.7 Å². The summed E-state index contributed by atoms with van der Waals surface area (Å²) < 4.78 is 10.3. The van der Waals surface area contributed by atoms with E-state index in [1.54, 1.807) is 60.7 Å². The minimum Gasteiger partial charge on any atom is -0.397 e. The molecule has 0 fully saturated rings. The molecule has 0 radical (unpaired) electrons. The topological polar surface area (TPSA) is 105 Å². The third-order valence-electron chi connectivity index (χ3n) is 2.80. The molecule has 21 heavy (non-hydrogen) atoms. The average Bonchev–Trinajstić information content (AvgIpc) is 2.47. The molecule has 2 aromatic carbocycles. The van der Waals surface area contributed by atoms with Gasteiger partial charge in [0.05, 0.1) is 0 Å². The quantitative estimate of drug-likeness (QED) is 0.839. The summed E-state index contributed by atoms with van der Waals surface area (Å²) in [5.74, 6) is -1.82. The highest BCUT2D eigenvalue weighted by molar-refractivity contribution is 5.69. The third-order valence-corrected chi connectivity index (χ3v) is 2.80. The van der Waals surface area contributed by atoms with Gasteiger partial charge in [-0.2, -0.15) is 0 Å². The molecule has 0 heterocycles. The van der Waals surface area contributed by atoms with E-state index in [1.807, 2.05) is 0 Å². The molecule has 0 unspecified atom stereocenters. The van der Waals surface area contributed by atoms with Gasteiger partial charge in [-0.05, 0) is 0 Å². The van der Waals surface area contributed by atoms with Crippen LogP contribution >= 0.6 is 0 Å². The highest BCUT2D eigenvalue weighted by Gasteiger charge is 2.42. The van der Waals surface area contributed by atoms with Crippen LogP contribution in [0.3, 0.4) is 0 Å². The molecule has 4 N–H and O–H groups in total. The van der Waals surface area contributed by atoms with Gasteiger partial charge < -0.3 is 20.9 Å². The summed E-state index contributed by atoms with van der Waals surface area (Å²) in [6.45, 7) is 0. The highest BCUT2D eigenvalue weighted by Crippen LogP contribution is 2.35. The number of carbonyl (C=O) groups excluding carboxylic acids is 2. The summed E-state index contributed by atoms with van der Waals surface area (Å²) >= 11 is 0. The van der Waals surface area contributed by atoms with Crippen molar-refractivity contribution in [3.05, 3.63) is 71.8 Å². The number of nitrogens with two attached hydrogens (primary N) is 2. The molecule has 0 saturated heterocycles. The number of hydrogen-bond donors (Lipinski definition) is 2. The Labute approximate surface area is 121 Å². The van der Waals surface area contributed by atoms with E-state index in [-0.39, 0.29) is 0 Å². The van der Waals surface area contributed by atoms with Crippen LogP contribution in [0, 0.1) is 0 Å². The van der Waals surface area contributed by atoms with E-state index in [0.717, 1.165) is 0 Å². The van der Waals surface area contributed by atoms with Crippen LogP contribution < -0.4 is 11.5 Å². The van der Waals surface area contributed by atoms with Crippen LogP contribution in [0.1, 0.15) is 11.1 Å². The molecule has 0 spiro atoms. The molecule has 2 amide bonds. The predicted molar refractivity (Wildman–Crippen MR) is 75.0 cm³/mol. The fourth-order valence-electron chi connectivity index (χ4n) is 2.02. The molecular weight excluding hydrogens is 272 g/mol. The molecule has 2 rings (SSSR count). The molecule has 0 aliphatic heterocycles. The molecule has 6 nitrogen and oxygen atoms in total. The maximum absolute atomic E-state index is 11.3. The van der Waals surface area contributed by atoms with Crippen molar-refractivity contribution in [3.8, 4) is 0 Å². The summed E-state index contributed by atoms with van der Waals surface area (Å²) in [7, 11) is 0. The molecule has 0 aliphatic carbocycles. The maximum Gasteiger partial charge on any atom is 0.408 e. The van der Waals surface area contributed by atoms with E-state index < -0.39 is 18.0 Å². The van der Waals surface area contributed by atoms with Crippen LogP contribution in [0.5, 0.6) is 0 Å². The summed E-state index contributed by atoms with van der Waals surface area (Å²) in [5.41, 5.74) is 11.1. The average molecular weight is 286 g/mol. The third kappa shape index (κ3) is 3.11. The van der Waals surface area contributed by atoms with E-state index in [2.05, 4.69) is 0 Å². The van der Waals surface area contributed by atoms with Gasteiger partial charge in [-0.15, -0.1) is 0 Å². The highest BCUT2D eigenvalue weighted by atomic mass is 16.7. The number of ether oxygens (including phenoxy) is 2. The lowest BCUT2D eigenvalue weighted by Gasteiger charge is -2.32. The first-order chi connectivity index (χ1) is 10.0. The van der Waals surface area contributed by atoms with Crippen LogP contribution in [-0.4, -0.2) is 12.2 Å². The van der Waals surface area contributed by atoms with Gasteiger partial charge in [0.1, 0.15) is 0 Å². The number of rotatable bonds is 4. The second-order valence-electron chi connectivity index (χ2n) is 4.19. The lowest BCUT2D eigenvalue weighted by Crippen LogP contribution is -2.41. The lowest BCUT2D eigenvalue weighted by atomic mass is 9.97. The van der Waals surface area contributed by atoms with Gasteiger partial charge in [-0.25, -0.2) is 9.59 Å². The SMILES string of the molecule is NC(=O)OC(OC(N)=O)(c1ccccc1)c1ccccc1. The van der Waals surface area contributed by atoms with E-state index in [4.69, 9.17) is 20.9 Å². The minimum atomic E-state index is -1.82. The zero-order valence-electron chi connectivity index (χ0n) is 11.1. The van der Waals surface area contributed by atoms with Gasteiger partial charge in [0, 0.05) is 11.1 Å². The van der Waals surface area contributed by atoms with Gasteiger partial charge >= 0.3 is 18.0 Å². The van der Waals surface area contributed by atoms with Gasteiger partial charge in [-0.3, -0.25) is 0 Å².